The van der Waals surface area contributed by atoms with Crippen molar-refractivity contribution in [2.24, 2.45) is 10.8 Å². The molecular weight excluding hydrogens is 1060 g/mol. The van der Waals surface area contributed by atoms with Gasteiger partial charge in [0, 0.05) is 0 Å². The summed E-state index contributed by atoms with van der Waals surface area (Å²) in [5.41, 5.74) is -5.54. The molecule has 2 aliphatic carbocycles. The Bertz CT molecular complexity index is 2390. The summed E-state index contributed by atoms with van der Waals surface area (Å²) in [6, 6.07) is 0. The molecule has 0 saturated heterocycles. The molecule has 6 rings (SSSR count). The predicted octanol–water partition coefficient (Wildman–Crippen LogP) is 12.1. The van der Waals surface area contributed by atoms with Crippen LogP contribution in [-0.2, 0) is 0 Å². The van der Waals surface area contributed by atoms with E-state index in [-0.39, 0.29) is 52.1 Å². The van der Waals surface area contributed by atoms with E-state index in [9.17, 15) is 52.7 Å². The Morgan fingerprint density at radius 1 is 0.273 bits per heavy atom. The van der Waals surface area contributed by atoms with E-state index in [0.29, 0.717) is 0 Å². The van der Waals surface area contributed by atoms with Gasteiger partial charge in [-0.05, 0) is 0 Å². The largest absolute Gasteiger partial charge is 3.00 e. The predicted molar refractivity (Wildman–Crippen MR) is 198 cm³/mol. The van der Waals surface area contributed by atoms with E-state index in [1.807, 2.05) is 0 Å². The Balaban J connectivity index is 0.000000449. The van der Waals surface area contributed by atoms with Gasteiger partial charge in [0.05, 0.1) is 0 Å². The molecule has 4 aromatic carbocycles. The first-order valence-electron chi connectivity index (χ1n) is 18.4. The SMILES string of the molecule is CC1=[C-]C(C)(C)C(C)=C1C.CC1=[C-]C(C)(C)C(C)=C1C.Fc1c(F)c(F)c([B-](c2c(F)c(F)c(F)c(F)c2F)(c2c(F)c(F)c(F)c(F)c2F)c2c(F)c(F)c(F)c(F)c2F)c(F)c1F.[Pr+3]. The van der Waals surface area contributed by atoms with Gasteiger partial charge in [0.2, 0.25) is 0 Å². The summed E-state index contributed by atoms with van der Waals surface area (Å²) >= 11 is 0. The van der Waals surface area contributed by atoms with Crippen LogP contribution in [0.5, 0.6) is 0 Å². The maximum absolute atomic E-state index is 15.4. The Kier molecular flexibility index (Phi) is 16.6. The Labute approximate surface area is 397 Å². The zero-order valence-corrected chi connectivity index (χ0v) is 39.4. The molecule has 0 bridgehead atoms. The summed E-state index contributed by atoms with van der Waals surface area (Å²) in [7, 11) is 0. The number of benzene rings is 4. The van der Waals surface area contributed by atoms with Crippen molar-refractivity contribution in [3.63, 3.8) is 0 Å². The van der Waals surface area contributed by atoms with E-state index in [2.05, 4.69) is 81.4 Å². The molecule has 0 nitrogen and oxygen atoms in total. The van der Waals surface area contributed by atoms with Crippen LogP contribution in [0.3, 0.4) is 0 Å². The third-order valence-electron chi connectivity index (χ3n) is 11.8. The normalized spacial score (nSPS) is 15.3. The summed E-state index contributed by atoms with van der Waals surface area (Å²) in [6.45, 7) is 21.8. The van der Waals surface area contributed by atoms with Crippen LogP contribution in [0, 0.1) is 181 Å². The molecule has 0 saturated carbocycles. The molecule has 0 aliphatic heterocycles. The number of hydrogen-bond donors (Lipinski definition) is 0. The van der Waals surface area contributed by atoms with Gasteiger partial charge in [0.15, 0.2) is 69.8 Å². The molecule has 2 aliphatic rings. The van der Waals surface area contributed by atoms with Crippen molar-refractivity contribution in [3.8, 4) is 0 Å². The van der Waals surface area contributed by atoms with Gasteiger partial charge in [-0.2, -0.15) is 22.3 Å². The van der Waals surface area contributed by atoms with E-state index in [1.54, 1.807) is 0 Å². The van der Waals surface area contributed by atoms with E-state index in [0.717, 1.165) is 0 Å². The molecule has 0 aromatic heterocycles. The van der Waals surface area contributed by atoms with Crippen LogP contribution in [0.4, 0.5) is 87.8 Å². The van der Waals surface area contributed by atoms with Gasteiger partial charge in [0.25, 0.3) is 0 Å². The minimum atomic E-state index is -7.22. The van der Waals surface area contributed by atoms with Gasteiger partial charge in [0.1, 0.15) is 52.7 Å². The molecule has 0 atom stereocenters. The summed E-state index contributed by atoms with van der Waals surface area (Å²) in [4.78, 5) is 0. The van der Waals surface area contributed by atoms with E-state index < -0.39 is 144 Å². The monoisotopic (exact) mass is 1090 g/mol. The second-order valence-electron chi connectivity index (χ2n) is 16.1. The molecular formula is C44H30BF20Pr. The average Bonchev–Trinajstić information content (AvgIpc) is 3.54. The van der Waals surface area contributed by atoms with Crippen molar-refractivity contribution in [2.75, 3.05) is 0 Å². The molecule has 0 amide bonds. The quantitative estimate of drug-likeness (QED) is 0.0628. The van der Waals surface area contributed by atoms with Crippen molar-refractivity contribution in [2.45, 2.75) is 69.2 Å². The number of rotatable bonds is 4. The first kappa shape index (κ1) is 56.2. The van der Waals surface area contributed by atoms with E-state index in [4.69, 9.17) is 0 Å². The molecule has 66 heavy (non-hydrogen) atoms. The standard InChI is InChI=1S/C24BF20.2C10H15.Pr/c26-5-1(6(27)14(35)21(42)13(5)34)25(2-7(28)15(36)22(43)16(37)8(2)29,3-9(30)17(38)23(44)18(39)10(3)31)4-11(32)19(40)24(45)20(41)12(4)33;2*1-7-6-10(4,5)9(3)8(7)2;/h;2*1-5H3;/q3*-1;+3. The fourth-order valence-corrected chi connectivity index (χ4v) is 7.69. The van der Waals surface area contributed by atoms with Crippen LogP contribution in [-0.4, -0.2) is 6.15 Å². The van der Waals surface area contributed by atoms with Gasteiger partial charge >= 0.3 is 41.3 Å². The zero-order chi connectivity index (χ0) is 50.2. The van der Waals surface area contributed by atoms with Gasteiger partial charge in [-0.25, -0.2) is 99.0 Å². The summed E-state index contributed by atoms with van der Waals surface area (Å²) < 4.78 is 294. The van der Waals surface area contributed by atoms with Crippen molar-refractivity contribution < 1.29 is 129 Å². The van der Waals surface area contributed by atoms with Crippen LogP contribution in [0.15, 0.2) is 33.4 Å². The molecule has 22 heteroatoms. The van der Waals surface area contributed by atoms with Crippen LogP contribution < -0.4 is 21.9 Å². The van der Waals surface area contributed by atoms with Gasteiger partial charge in [-0.3, -0.25) is 12.2 Å². The minimum Gasteiger partial charge on any atom is -0.263 e. The Morgan fingerprint density at radius 3 is 0.500 bits per heavy atom. The van der Waals surface area contributed by atoms with Crippen molar-refractivity contribution >= 4 is 28.0 Å². The fourth-order valence-electron chi connectivity index (χ4n) is 7.69. The van der Waals surface area contributed by atoms with Crippen LogP contribution in [0.2, 0.25) is 0 Å². The summed E-state index contributed by atoms with van der Waals surface area (Å²) in [6.07, 6.45) is -0.347. The minimum absolute atomic E-state index is 0. The van der Waals surface area contributed by atoms with Crippen molar-refractivity contribution in [1.82, 2.24) is 0 Å². The number of hydrogen-bond acceptors (Lipinski definition) is 0. The summed E-state index contributed by atoms with van der Waals surface area (Å²) in [5.74, 6) is -71.4. The van der Waals surface area contributed by atoms with Crippen LogP contribution in [0.25, 0.3) is 0 Å². The van der Waals surface area contributed by atoms with Gasteiger partial charge in [-0.15, -0.1) is 35.7 Å². The number of halogens is 20. The first-order valence-corrected chi connectivity index (χ1v) is 18.4. The smallest absolute Gasteiger partial charge is 0.263 e. The Morgan fingerprint density at radius 2 is 0.409 bits per heavy atom. The van der Waals surface area contributed by atoms with Gasteiger partial charge in [-0.1, -0.05) is 66.2 Å². The third-order valence-corrected chi connectivity index (χ3v) is 11.8. The van der Waals surface area contributed by atoms with E-state index >= 15 is 35.1 Å². The molecule has 0 unspecified atom stereocenters. The molecule has 0 heterocycles. The molecule has 0 spiro atoms. The van der Waals surface area contributed by atoms with Crippen LogP contribution in [0.1, 0.15) is 69.2 Å². The second-order valence-corrected chi connectivity index (χ2v) is 16.1. The zero-order valence-electron chi connectivity index (χ0n) is 35.7. The molecule has 4 aromatic rings. The third kappa shape index (κ3) is 8.76. The Hall–Kier alpha value is -4.13. The second kappa shape index (κ2) is 19.5. The maximum atomic E-state index is 15.4. The molecule has 0 N–H and O–H groups in total. The van der Waals surface area contributed by atoms with E-state index in [1.165, 1.54) is 33.4 Å². The average molecular weight is 1090 g/mol. The topological polar surface area (TPSA) is 0 Å². The molecule has 0 fully saturated rings. The molecule has 0 radical (unpaired) electrons. The van der Waals surface area contributed by atoms with Gasteiger partial charge < -0.3 is 0 Å². The van der Waals surface area contributed by atoms with Crippen molar-refractivity contribution in [3.05, 3.63) is 162 Å². The molecule has 352 valence electrons. The number of allylic oxidation sites excluding steroid dienone is 8. The summed E-state index contributed by atoms with van der Waals surface area (Å²) in [5, 5.41) is 0. The first-order chi connectivity index (χ1) is 29.6. The van der Waals surface area contributed by atoms with Crippen LogP contribution >= 0.6 is 0 Å². The fraction of sp³-hybridized carbons (Fsp3) is 0.273. The maximum Gasteiger partial charge on any atom is 3.00 e. The van der Waals surface area contributed by atoms with Crippen molar-refractivity contribution in [1.29, 1.82) is 0 Å².